The van der Waals surface area contributed by atoms with Crippen molar-refractivity contribution in [3.05, 3.63) is 36.0 Å². The van der Waals surface area contributed by atoms with Gasteiger partial charge in [0.05, 0.1) is 12.1 Å². The molecule has 0 bridgehead atoms. The van der Waals surface area contributed by atoms with Crippen LogP contribution in [0.15, 0.2) is 35.4 Å². The van der Waals surface area contributed by atoms with Crippen molar-refractivity contribution in [3.8, 4) is 11.3 Å². The van der Waals surface area contributed by atoms with Crippen molar-refractivity contribution < 1.29 is 9.90 Å². The van der Waals surface area contributed by atoms with E-state index >= 15 is 0 Å². The number of carboxylic acid groups (broad SMARTS) is 1. The van der Waals surface area contributed by atoms with Crippen LogP contribution < -0.4 is 5.32 Å². The van der Waals surface area contributed by atoms with Crippen molar-refractivity contribution in [2.75, 3.05) is 11.9 Å². The van der Waals surface area contributed by atoms with E-state index in [1.165, 1.54) is 4.90 Å². The molecule has 1 aromatic carbocycles. The van der Waals surface area contributed by atoms with Gasteiger partial charge in [-0.25, -0.2) is 9.97 Å². The number of fused-ring (bicyclic) bond motifs is 3. The topological polar surface area (TPSA) is 75.1 Å². The fraction of sp³-hybridized carbons (Fsp3) is 0.214. The van der Waals surface area contributed by atoms with Crippen molar-refractivity contribution in [1.29, 1.82) is 0 Å². The molecule has 5 nitrogen and oxygen atoms in total. The zero-order chi connectivity index (χ0) is 13.9. The minimum atomic E-state index is -0.836. The number of hydrogen-bond donors (Lipinski definition) is 2. The summed E-state index contributed by atoms with van der Waals surface area (Å²) in [6.07, 6.45) is 1.86. The highest BCUT2D eigenvalue weighted by Crippen LogP contribution is 2.40. The van der Waals surface area contributed by atoms with Crippen LogP contribution >= 0.6 is 11.8 Å². The van der Waals surface area contributed by atoms with Crippen LogP contribution in [-0.2, 0) is 10.5 Å². The molecule has 0 radical (unpaired) electrons. The number of nitrogens with one attached hydrogen (secondary N) is 1. The number of rotatable bonds is 4. The van der Waals surface area contributed by atoms with E-state index in [1.54, 1.807) is 11.8 Å². The Kier molecular flexibility index (Phi) is 3.56. The van der Waals surface area contributed by atoms with E-state index in [9.17, 15) is 4.79 Å². The van der Waals surface area contributed by atoms with Crippen LogP contribution in [0, 0.1) is 0 Å². The van der Waals surface area contributed by atoms with Gasteiger partial charge in [-0.2, -0.15) is 0 Å². The van der Waals surface area contributed by atoms with Crippen LogP contribution in [0.5, 0.6) is 0 Å². The maximum atomic E-state index is 10.5. The summed E-state index contributed by atoms with van der Waals surface area (Å²) in [6.45, 7) is 0.324. The molecule has 20 heavy (non-hydrogen) atoms. The molecule has 2 aromatic rings. The van der Waals surface area contributed by atoms with Crippen molar-refractivity contribution >= 4 is 23.7 Å². The molecule has 0 fully saturated rings. The average Bonchev–Trinajstić information content (AvgIpc) is 2.47. The molecule has 0 atom stereocenters. The lowest BCUT2D eigenvalue weighted by atomic mass is 10.1. The number of aromatic nitrogens is 2. The number of aliphatic carboxylic acids is 1. The standard InChI is InChI=1S/C14H13N3O2S/c18-12(19)5-6-15-14-16-7-9-8-20-11-4-2-1-3-10(11)13(9)17-14/h1-4,7H,5-6,8H2,(H,18,19)(H,15,16,17). The minimum absolute atomic E-state index is 0.0485. The molecule has 1 aliphatic heterocycles. The molecule has 0 unspecified atom stereocenters. The van der Waals surface area contributed by atoms with E-state index in [-0.39, 0.29) is 6.42 Å². The Hall–Kier alpha value is -2.08. The van der Waals surface area contributed by atoms with E-state index in [2.05, 4.69) is 21.4 Å². The number of hydrogen-bond acceptors (Lipinski definition) is 5. The van der Waals surface area contributed by atoms with Crippen LogP contribution in [-0.4, -0.2) is 27.6 Å². The summed E-state index contributed by atoms with van der Waals surface area (Å²) in [5.74, 6) is 0.505. The number of anilines is 1. The summed E-state index contributed by atoms with van der Waals surface area (Å²) in [4.78, 5) is 20.5. The van der Waals surface area contributed by atoms with Gasteiger partial charge in [-0.1, -0.05) is 18.2 Å². The second kappa shape index (κ2) is 5.50. The third kappa shape index (κ3) is 2.60. The van der Waals surface area contributed by atoms with E-state index in [1.807, 2.05) is 24.4 Å². The molecule has 102 valence electrons. The third-order valence-corrected chi connectivity index (χ3v) is 4.13. The van der Waals surface area contributed by atoms with Crippen molar-refractivity contribution in [3.63, 3.8) is 0 Å². The Morgan fingerprint density at radius 1 is 1.40 bits per heavy atom. The van der Waals surface area contributed by atoms with Crippen molar-refractivity contribution in [1.82, 2.24) is 9.97 Å². The third-order valence-electron chi connectivity index (χ3n) is 3.01. The summed E-state index contributed by atoms with van der Waals surface area (Å²) < 4.78 is 0. The van der Waals surface area contributed by atoms with Crippen molar-refractivity contribution in [2.24, 2.45) is 0 Å². The first-order valence-electron chi connectivity index (χ1n) is 6.28. The zero-order valence-electron chi connectivity index (χ0n) is 10.7. The van der Waals surface area contributed by atoms with Gasteiger partial charge in [-0.05, 0) is 6.07 Å². The van der Waals surface area contributed by atoms with Gasteiger partial charge in [0.2, 0.25) is 5.95 Å². The minimum Gasteiger partial charge on any atom is -0.481 e. The van der Waals surface area contributed by atoms with Gasteiger partial charge >= 0.3 is 5.97 Å². The predicted molar refractivity (Wildman–Crippen MR) is 77.8 cm³/mol. The van der Waals surface area contributed by atoms with E-state index in [0.717, 1.165) is 22.6 Å². The van der Waals surface area contributed by atoms with E-state index < -0.39 is 5.97 Å². The largest absolute Gasteiger partial charge is 0.481 e. The molecule has 0 saturated heterocycles. The van der Waals surface area contributed by atoms with Crippen LogP contribution in [0.25, 0.3) is 11.3 Å². The number of nitrogens with zero attached hydrogens (tertiary/aromatic N) is 2. The normalized spacial score (nSPS) is 12.4. The highest BCUT2D eigenvalue weighted by atomic mass is 32.2. The Balaban J connectivity index is 1.87. The molecule has 3 rings (SSSR count). The average molecular weight is 287 g/mol. The molecular weight excluding hydrogens is 274 g/mol. The lowest BCUT2D eigenvalue weighted by Gasteiger charge is -2.18. The summed E-state index contributed by atoms with van der Waals surface area (Å²) in [5, 5.41) is 11.6. The Morgan fingerprint density at radius 2 is 2.25 bits per heavy atom. The zero-order valence-corrected chi connectivity index (χ0v) is 11.5. The molecular formula is C14H13N3O2S. The Labute approximate surface area is 120 Å². The van der Waals surface area contributed by atoms with Gasteiger partial charge < -0.3 is 10.4 Å². The van der Waals surface area contributed by atoms with Crippen LogP contribution in [0.2, 0.25) is 0 Å². The monoisotopic (exact) mass is 287 g/mol. The predicted octanol–water partition coefficient (Wildman–Crippen LogP) is 2.64. The number of thioether (sulfide) groups is 1. The first kappa shape index (κ1) is 12.9. The van der Waals surface area contributed by atoms with Gasteiger partial charge in [-0.15, -0.1) is 11.8 Å². The SMILES string of the molecule is O=C(O)CCNc1ncc2c(n1)-c1ccccc1SC2. The molecule has 6 heteroatoms. The molecule has 0 spiro atoms. The second-order valence-electron chi connectivity index (χ2n) is 4.42. The van der Waals surface area contributed by atoms with Crippen molar-refractivity contribution in [2.45, 2.75) is 17.1 Å². The molecule has 0 saturated carbocycles. The summed E-state index contributed by atoms with van der Waals surface area (Å²) in [6, 6.07) is 8.15. The highest BCUT2D eigenvalue weighted by Gasteiger charge is 2.18. The number of carbonyl (C=O) groups is 1. The molecule has 2 heterocycles. The fourth-order valence-electron chi connectivity index (χ4n) is 2.06. The van der Waals surface area contributed by atoms with E-state index in [0.29, 0.717) is 12.5 Å². The smallest absolute Gasteiger partial charge is 0.305 e. The number of carboxylic acids is 1. The van der Waals surface area contributed by atoms with E-state index in [4.69, 9.17) is 5.11 Å². The van der Waals surface area contributed by atoms with Gasteiger partial charge in [0.15, 0.2) is 0 Å². The summed E-state index contributed by atoms with van der Waals surface area (Å²) in [7, 11) is 0. The van der Waals surface area contributed by atoms with Crippen LogP contribution in [0.4, 0.5) is 5.95 Å². The highest BCUT2D eigenvalue weighted by molar-refractivity contribution is 7.98. The number of benzene rings is 1. The summed E-state index contributed by atoms with van der Waals surface area (Å²) in [5.41, 5.74) is 3.16. The molecule has 1 aliphatic rings. The Morgan fingerprint density at radius 3 is 3.10 bits per heavy atom. The van der Waals surface area contributed by atoms with Gasteiger partial charge in [0.25, 0.3) is 0 Å². The molecule has 2 N–H and O–H groups in total. The maximum Gasteiger partial charge on any atom is 0.305 e. The van der Waals surface area contributed by atoms with Gasteiger partial charge in [0, 0.05) is 34.5 Å². The second-order valence-corrected chi connectivity index (χ2v) is 5.44. The molecule has 1 aromatic heterocycles. The molecule has 0 aliphatic carbocycles. The fourth-order valence-corrected chi connectivity index (χ4v) is 3.07. The quantitative estimate of drug-likeness (QED) is 0.900. The maximum absolute atomic E-state index is 10.5. The first-order valence-corrected chi connectivity index (χ1v) is 7.26. The van der Waals surface area contributed by atoms with Crippen LogP contribution in [0.1, 0.15) is 12.0 Å². The van der Waals surface area contributed by atoms with Gasteiger partial charge in [-0.3, -0.25) is 4.79 Å². The first-order chi connectivity index (χ1) is 9.74. The van der Waals surface area contributed by atoms with Crippen LogP contribution in [0.3, 0.4) is 0 Å². The summed E-state index contributed by atoms with van der Waals surface area (Å²) >= 11 is 1.78. The Bertz CT molecular complexity index is 661. The van der Waals surface area contributed by atoms with Gasteiger partial charge in [0.1, 0.15) is 0 Å². The lowest BCUT2D eigenvalue weighted by Crippen LogP contribution is -2.11. The lowest BCUT2D eigenvalue weighted by molar-refractivity contribution is -0.136. The molecule has 0 amide bonds.